The molecule has 1 heterocycles. The maximum absolute atomic E-state index is 12.1. The van der Waals surface area contributed by atoms with E-state index in [1.165, 1.54) is 11.8 Å². The first-order valence-electron chi connectivity index (χ1n) is 7.67. The number of benzene rings is 1. The largest absolute Gasteiger partial charge is 0.379 e. The smallest absolute Gasteiger partial charge is 0.240 e. The molecule has 1 aromatic carbocycles. The minimum absolute atomic E-state index is 0.0151. The second kappa shape index (κ2) is 8.86. The van der Waals surface area contributed by atoms with Crippen LogP contribution < -0.4 is 10.2 Å². The fourth-order valence-electron chi connectivity index (χ4n) is 2.41. The van der Waals surface area contributed by atoms with Crippen LogP contribution in [-0.4, -0.2) is 62.7 Å². The first-order valence-corrected chi connectivity index (χ1v) is 8.04. The van der Waals surface area contributed by atoms with E-state index in [9.17, 15) is 9.59 Å². The zero-order valence-corrected chi connectivity index (χ0v) is 14.0. The van der Waals surface area contributed by atoms with Crippen molar-refractivity contribution in [1.82, 2.24) is 10.2 Å². The van der Waals surface area contributed by atoms with Crippen molar-refractivity contribution >= 4 is 29.1 Å². The molecule has 2 rings (SSSR count). The lowest BCUT2D eigenvalue weighted by molar-refractivity contribution is -0.123. The van der Waals surface area contributed by atoms with Crippen LogP contribution in [0.5, 0.6) is 0 Å². The lowest BCUT2D eigenvalue weighted by Gasteiger charge is -2.26. The maximum atomic E-state index is 12.1. The van der Waals surface area contributed by atoms with E-state index in [4.69, 9.17) is 16.3 Å². The number of rotatable bonds is 6. The van der Waals surface area contributed by atoms with Gasteiger partial charge in [0.05, 0.1) is 13.2 Å². The predicted molar refractivity (Wildman–Crippen MR) is 89.7 cm³/mol. The molecule has 0 radical (unpaired) electrons. The van der Waals surface area contributed by atoms with Gasteiger partial charge < -0.3 is 15.0 Å². The van der Waals surface area contributed by atoms with Crippen molar-refractivity contribution in [1.29, 1.82) is 0 Å². The number of halogens is 1. The fraction of sp³-hybridized carbons (Fsp3) is 0.500. The quantitative estimate of drug-likeness (QED) is 0.844. The van der Waals surface area contributed by atoms with Crippen molar-refractivity contribution in [3.05, 3.63) is 29.3 Å². The summed E-state index contributed by atoms with van der Waals surface area (Å²) < 4.78 is 5.28. The Morgan fingerprint density at radius 1 is 1.35 bits per heavy atom. The summed E-state index contributed by atoms with van der Waals surface area (Å²) in [5, 5.41) is 3.38. The number of carbonyl (C=O) groups is 2. The van der Waals surface area contributed by atoms with E-state index in [1.54, 1.807) is 24.3 Å². The molecule has 1 saturated heterocycles. The Hall–Kier alpha value is -1.63. The van der Waals surface area contributed by atoms with Crippen LogP contribution in [0.3, 0.4) is 0 Å². The Labute approximate surface area is 141 Å². The summed E-state index contributed by atoms with van der Waals surface area (Å²) in [5.74, 6) is -0.385. The Kier molecular flexibility index (Phi) is 6.83. The molecule has 23 heavy (non-hydrogen) atoms. The molecule has 0 atom stereocenters. The summed E-state index contributed by atoms with van der Waals surface area (Å²) in [6.45, 7) is 6.00. The standard InChI is InChI=1S/C16H22ClN3O3/c1-13(21)20(15-4-2-3-14(17)11-15)12-16(22)18-5-6-19-7-9-23-10-8-19/h2-4,11H,5-10,12H2,1H3,(H,18,22). The van der Waals surface area contributed by atoms with Crippen molar-refractivity contribution < 1.29 is 14.3 Å². The van der Waals surface area contributed by atoms with E-state index in [1.807, 2.05) is 0 Å². The molecule has 0 unspecified atom stereocenters. The Bertz CT molecular complexity index is 547. The fourth-order valence-corrected chi connectivity index (χ4v) is 2.59. The lowest BCUT2D eigenvalue weighted by atomic mass is 10.2. The van der Waals surface area contributed by atoms with Gasteiger partial charge >= 0.3 is 0 Å². The van der Waals surface area contributed by atoms with Crippen LogP contribution in [0.15, 0.2) is 24.3 Å². The van der Waals surface area contributed by atoms with Crippen molar-refractivity contribution in [2.24, 2.45) is 0 Å². The van der Waals surface area contributed by atoms with Crippen LogP contribution in [0.4, 0.5) is 5.69 Å². The van der Waals surface area contributed by atoms with Gasteiger partial charge in [0.2, 0.25) is 11.8 Å². The highest BCUT2D eigenvalue weighted by Crippen LogP contribution is 2.19. The first-order chi connectivity index (χ1) is 11.1. The molecule has 1 aliphatic heterocycles. The molecular weight excluding hydrogens is 318 g/mol. The summed E-state index contributed by atoms with van der Waals surface area (Å²) in [5.41, 5.74) is 0.619. The number of nitrogens with zero attached hydrogens (tertiary/aromatic N) is 2. The third-order valence-corrected chi connectivity index (χ3v) is 3.89. The van der Waals surface area contributed by atoms with Crippen LogP contribution in [0.1, 0.15) is 6.92 Å². The number of hydrogen-bond donors (Lipinski definition) is 1. The van der Waals surface area contributed by atoms with Crippen molar-refractivity contribution in [3.63, 3.8) is 0 Å². The molecule has 0 aliphatic carbocycles. The van der Waals surface area contributed by atoms with Crippen LogP contribution in [-0.2, 0) is 14.3 Å². The third kappa shape index (κ3) is 5.82. The Morgan fingerprint density at radius 2 is 2.09 bits per heavy atom. The maximum Gasteiger partial charge on any atom is 0.240 e. The monoisotopic (exact) mass is 339 g/mol. The minimum Gasteiger partial charge on any atom is -0.379 e. The zero-order valence-electron chi connectivity index (χ0n) is 13.3. The summed E-state index contributed by atoms with van der Waals surface area (Å²) in [7, 11) is 0. The van der Waals surface area contributed by atoms with Gasteiger partial charge in [-0.15, -0.1) is 0 Å². The molecule has 6 nitrogen and oxygen atoms in total. The van der Waals surface area contributed by atoms with E-state index in [0.29, 0.717) is 17.3 Å². The van der Waals surface area contributed by atoms with Crippen molar-refractivity contribution in [2.45, 2.75) is 6.92 Å². The van der Waals surface area contributed by atoms with Gasteiger partial charge in [0.15, 0.2) is 0 Å². The van der Waals surface area contributed by atoms with Crippen LogP contribution in [0, 0.1) is 0 Å². The number of amides is 2. The number of anilines is 1. The normalized spacial score (nSPS) is 15.2. The molecule has 0 bridgehead atoms. The van der Waals surface area contributed by atoms with Gasteiger partial charge in [-0.2, -0.15) is 0 Å². The van der Waals surface area contributed by atoms with E-state index in [2.05, 4.69) is 10.2 Å². The van der Waals surface area contributed by atoms with Crippen LogP contribution in [0.25, 0.3) is 0 Å². The number of ether oxygens (including phenoxy) is 1. The van der Waals surface area contributed by atoms with Gasteiger partial charge in [0.25, 0.3) is 0 Å². The summed E-state index contributed by atoms with van der Waals surface area (Å²) in [4.78, 5) is 27.5. The molecule has 1 aliphatic rings. The summed E-state index contributed by atoms with van der Waals surface area (Å²) >= 11 is 5.95. The second-order valence-electron chi connectivity index (χ2n) is 5.39. The van der Waals surface area contributed by atoms with Gasteiger partial charge in [-0.1, -0.05) is 17.7 Å². The van der Waals surface area contributed by atoms with Crippen molar-refractivity contribution in [3.8, 4) is 0 Å². The highest BCUT2D eigenvalue weighted by Gasteiger charge is 2.16. The highest BCUT2D eigenvalue weighted by atomic mass is 35.5. The Morgan fingerprint density at radius 3 is 2.74 bits per heavy atom. The number of carbonyl (C=O) groups excluding carboxylic acids is 2. The first kappa shape index (κ1) is 17.7. The van der Waals surface area contributed by atoms with E-state index < -0.39 is 0 Å². The van der Waals surface area contributed by atoms with Gasteiger partial charge in [-0.25, -0.2) is 0 Å². The van der Waals surface area contributed by atoms with Gasteiger partial charge in [0, 0.05) is 43.8 Å². The number of nitrogens with one attached hydrogen (secondary N) is 1. The molecule has 1 N–H and O–H groups in total. The van der Waals surface area contributed by atoms with Gasteiger partial charge in [-0.05, 0) is 18.2 Å². The van der Waals surface area contributed by atoms with E-state index in [-0.39, 0.29) is 18.4 Å². The third-order valence-electron chi connectivity index (χ3n) is 3.66. The molecule has 1 fully saturated rings. The number of hydrogen-bond acceptors (Lipinski definition) is 4. The molecule has 7 heteroatoms. The molecule has 0 aromatic heterocycles. The SMILES string of the molecule is CC(=O)N(CC(=O)NCCN1CCOCC1)c1cccc(Cl)c1. The average Bonchev–Trinajstić information content (AvgIpc) is 2.53. The molecule has 2 amide bonds. The topological polar surface area (TPSA) is 61.9 Å². The van der Waals surface area contributed by atoms with E-state index in [0.717, 1.165) is 32.8 Å². The lowest BCUT2D eigenvalue weighted by Crippen LogP contribution is -2.44. The summed E-state index contributed by atoms with van der Waals surface area (Å²) in [6, 6.07) is 6.91. The molecular formula is C16H22ClN3O3. The minimum atomic E-state index is -0.199. The molecule has 126 valence electrons. The summed E-state index contributed by atoms with van der Waals surface area (Å²) in [6.07, 6.45) is 0. The van der Waals surface area contributed by atoms with Crippen LogP contribution >= 0.6 is 11.6 Å². The van der Waals surface area contributed by atoms with E-state index >= 15 is 0 Å². The second-order valence-corrected chi connectivity index (χ2v) is 5.83. The predicted octanol–water partition coefficient (Wildman–Crippen LogP) is 1.14. The highest BCUT2D eigenvalue weighted by molar-refractivity contribution is 6.30. The van der Waals surface area contributed by atoms with Crippen LogP contribution in [0.2, 0.25) is 5.02 Å². The molecule has 0 spiro atoms. The molecule has 0 saturated carbocycles. The Balaban J connectivity index is 1.82. The molecule has 1 aromatic rings. The average molecular weight is 340 g/mol. The number of morpholine rings is 1. The van der Waals surface area contributed by atoms with Gasteiger partial charge in [0.1, 0.15) is 6.54 Å². The van der Waals surface area contributed by atoms with Crippen molar-refractivity contribution in [2.75, 3.05) is 50.8 Å². The zero-order chi connectivity index (χ0) is 16.7. The van der Waals surface area contributed by atoms with Gasteiger partial charge in [-0.3, -0.25) is 14.5 Å².